The number of rotatable bonds is 2. The number of amides is 1. The highest BCUT2D eigenvalue weighted by molar-refractivity contribution is 5.92. The molecule has 0 unspecified atom stereocenters. The van der Waals surface area contributed by atoms with E-state index in [0.29, 0.717) is 17.6 Å². The molecule has 2 N–H and O–H groups in total. The summed E-state index contributed by atoms with van der Waals surface area (Å²) < 4.78 is 0. The fourth-order valence-corrected chi connectivity index (χ4v) is 3.33. The van der Waals surface area contributed by atoms with Gasteiger partial charge in [-0.1, -0.05) is 6.42 Å². The predicted octanol–water partition coefficient (Wildman–Crippen LogP) is 1.15. The van der Waals surface area contributed by atoms with Crippen LogP contribution >= 0.6 is 0 Å². The van der Waals surface area contributed by atoms with Gasteiger partial charge in [0.05, 0.1) is 12.4 Å². The lowest BCUT2D eigenvalue weighted by Gasteiger charge is -2.40. The zero-order chi connectivity index (χ0) is 14.7. The molecule has 0 atom stereocenters. The summed E-state index contributed by atoms with van der Waals surface area (Å²) in [6.45, 7) is 4.07. The van der Waals surface area contributed by atoms with E-state index < -0.39 is 0 Å². The summed E-state index contributed by atoms with van der Waals surface area (Å²) in [6.07, 6.45) is 9.04. The summed E-state index contributed by atoms with van der Waals surface area (Å²) in [6, 6.07) is 0.645. The molecule has 3 heterocycles. The number of aromatic nitrogens is 2. The molecule has 0 aliphatic carbocycles. The van der Waals surface area contributed by atoms with Crippen LogP contribution in [0.15, 0.2) is 12.4 Å². The van der Waals surface area contributed by atoms with E-state index in [2.05, 4.69) is 14.9 Å². The topological polar surface area (TPSA) is 75.3 Å². The fourth-order valence-electron chi connectivity index (χ4n) is 3.33. The molecule has 1 amide bonds. The molecule has 2 saturated heterocycles. The molecule has 2 aliphatic heterocycles. The van der Waals surface area contributed by atoms with Crippen LogP contribution in [0.5, 0.6) is 0 Å². The lowest BCUT2D eigenvalue weighted by Crippen LogP contribution is -2.48. The quantitative estimate of drug-likeness (QED) is 0.884. The van der Waals surface area contributed by atoms with Crippen molar-refractivity contribution in [3.8, 4) is 0 Å². The third-order valence-corrected chi connectivity index (χ3v) is 4.55. The van der Waals surface area contributed by atoms with Gasteiger partial charge in [0, 0.05) is 19.1 Å². The smallest absolute Gasteiger partial charge is 0.274 e. The molecule has 1 aromatic rings. The second-order valence-corrected chi connectivity index (χ2v) is 5.95. The van der Waals surface area contributed by atoms with Gasteiger partial charge < -0.3 is 15.5 Å². The molecule has 0 radical (unpaired) electrons. The van der Waals surface area contributed by atoms with Gasteiger partial charge in [-0.15, -0.1) is 0 Å². The molecule has 1 aromatic heterocycles. The lowest BCUT2D eigenvalue weighted by molar-refractivity contribution is 0.0584. The van der Waals surface area contributed by atoms with E-state index in [1.54, 1.807) is 0 Å². The van der Waals surface area contributed by atoms with Crippen LogP contribution in [-0.4, -0.2) is 57.9 Å². The first-order chi connectivity index (χ1) is 10.2. The Hall–Kier alpha value is -1.69. The third kappa shape index (κ3) is 3.32. The highest BCUT2D eigenvalue weighted by Gasteiger charge is 2.28. The number of likely N-dealkylation sites (tertiary alicyclic amines) is 2. The van der Waals surface area contributed by atoms with Gasteiger partial charge in [-0.2, -0.15) is 0 Å². The van der Waals surface area contributed by atoms with Crippen LogP contribution in [0.25, 0.3) is 0 Å². The molecule has 21 heavy (non-hydrogen) atoms. The van der Waals surface area contributed by atoms with E-state index in [1.165, 1.54) is 44.7 Å². The number of hydrogen-bond donors (Lipinski definition) is 1. The standard InChI is InChI=1S/C15H23N5O/c16-14-11-17-13(10-18-14)15(21)20-8-4-12(5-9-20)19-6-2-1-3-7-19/h10-12H,1-9H2,(H2,16,18). The molecule has 3 rings (SSSR count). The highest BCUT2D eigenvalue weighted by Crippen LogP contribution is 2.21. The van der Waals surface area contributed by atoms with Crippen LogP contribution in [0, 0.1) is 0 Å². The van der Waals surface area contributed by atoms with Crippen LogP contribution in [-0.2, 0) is 0 Å². The van der Waals surface area contributed by atoms with Crippen molar-refractivity contribution in [1.29, 1.82) is 0 Å². The number of piperidine rings is 2. The molecule has 114 valence electrons. The number of nitrogens with two attached hydrogens (primary N) is 1. The monoisotopic (exact) mass is 289 g/mol. The molecule has 0 spiro atoms. The second-order valence-electron chi connectivity index (χ2n) is 5.95. The average molecular weight is 289 g/mol. The summed E-state index contributed by atoms with van der Waals surface area (Å²) in [7, 11) is 0. The Kier molecular flexibility index (Phi) is 4.34. The number of nitrogen functional groups attached to an aromatic ring is 1. The predicted molar refractivity (Wildman–Crippen MR) is 80.8 cm³/mol. The maximum Gasteiger partial charge on any atom is 0.274 e. The van der Waals surface area contributed by atoms with Crippen molar-refractivity contribution < 1.29 is 4.79 Å². The second kappa shape index (κ2) is 6.39. The highest BCUT2D eigenvalue weighted by atomic mass is 16.2. The van der Waals surface area contributed by atoms with Gasteiger partial charge >= 0.3 is 0 Å². The summed E-state index contributed by atoms with van der Waals surface area (Å²) in [5.41, 5.74) is 5.89. The van der Waals surface area contributed by atoms with E-state index in [0.717, 1.165) is 25.9 Å². The Morgan fingerprint density at radius 3 is 2.38 bits per heavy atom. The lowest BCUT2D eigenvalue weighted by atomic mass is 10.00. The number of hydrogen-bond acceptors (Lipinski definition) is 5. The molecule has 2 aliphatic rings. The first kappa shape index (κ1) is 14.3. The van der Waals surface area contributed by atoms with E-state index >= 15 is 0 Å². The van der Waals surface area contributed by atoms with Crippen molar-refractivity contribution in [3.63, 3.8) is 0 Å². The summed E-state index contributed by atoms with van der Waals surface area (Å²) >= 11 is 0. The number of carbonyl (C=O) groups is 1. The molecule has 0 aromatic carbocycles. The van der Waals surface area contributed by atoms with Gasteiger partial charge in [0.2, 0.25) is 0 Å². The number of nitrogens with zero attached hydrogens (tertiary/aromatic N) is 4. The minimum atomic E-state index is -0.0282. The maximum absolute atomic E-state index is 12.4. The zero-order valence-electron chi connectivity index (χ0n) is 12.4. The number of carbonyl (C=O) groups excluding carboxylic acids is 1. The zero-order valence-corrected chi connectivity index (χ0v) is 12.4. The van der Waals surface area contributed by atoms with Gasteiger partial charge in [-0.25, -0.2) is 9.97 Å². The van der Waals surface area contributed by atoms with E-state index in [4.69, 9.17) is 5.73 Å². The molecule has 2 fully saturated rings. The molecule has 6 heteroatoms. The van der Waals surface area contributed by atoms with E-state index in [1.807, 2.05) is 4.90 Å². The maximum atomic E-state index is 12.4. The van der Waals surface area contributed by atoms with E-state index in [9.17, 15) is 4.79 Å². The van der Waals surface area contributed by atoms with Crippen LogP contribution in [0.1, 0.15) is 42.6 Å². The summed E-state index contributed by atoms with van der Waals surface area (Å²) in [5, 5.41) is 0. The molecule has 0 saturated carbocycles. The van der Waals surface area contributed by atoms with Crippen molar-refractivity contribution >= 4 is 11.7 Å². The van der Waals surface area contributed by atoms with Crippen LogP contribution in [0.3, 0.4) is 0 Å². The minimum absolute atomic E-state index is 0.0282. The number of anilines is 1. The van der Waals surface area contributed by atoms with Gasteiger partial charge in [-0.3, -0.25) is 4.79 Å². The van der Waals surface area contributed by atoms with Gasteiger partial charge in [0.15, 0.2) is 0 Å². The Morgan fingerprint density at radius 1 is 1.05 bits per heavy atom. The first-order valence-electron chi connectivity index (χ1n) is 7.85. The Labute approximate surface area is 125 Å². The van der Waals surface area contributed by atoms with Gasteiger partial charge in [0.25, 0.3) is 5.91 Å². The van der Waals surface area contributed by atoms with Crippen LogP contribution < -0.4 is 5.73 Å². The summed E-state index contributed by atoms with van der Waals surface area (Å²) in [4.78, 5) is 24.9. The van der Waals surface area contributed by atoms with Crippen molar-refractivity contribution in [3.05, 3.63) is 18.1 Å². The molecular weight excluding hydrogens is 266 g/mol. The van der Waals surface area contributed by atoms with Crippen molar-refractivity contribution in [2.75, 3.05) is 31.9 Å². The fraction of sp³-hybridized carbons (Fsp3) is 0.667. The molecule has 6 nitrogen and oxygen atoms in total. The van der Waals surface area contributed by atoms with Crippen molar-refractivity contribution in [2.24, 2.45) is 0 Å². The van der Waals surface area contributed by atoms with Crippen LogP contribution in [0.2, 0.25) is 0 Å². The van der Waals surface area contributed by atoms with Crippen LogP contribution in [0.4, 0.5) is 5.82 Å². The Bertz CT molecular complexity index is 475. The Balaban J connectivity index is 1.55. The molecular formula is C15H23N5O. The minimum Gasteiger partial charge on any atom is -0.382 e. The van der Waals surface area contributed by atoms with Gasteiger partial charge in [0.1, 0.15) is 11.5 Å². The van der Waals surface area contributed by atoms with Crippen molar-refractivity contribution in [2.45, 2.75) is 38.1 Å². The molecule has 0 bridgehead atoms. The average Bonchev–Trinajstić information content (AvgIpc) is 2.56. The van der Waals surface area contributed by atoms with Gasteiger partial charge in [-0.05, 0) is 38.8 Å². The SMILES string of the molecule is Nc1cnc(C(=O)N2CCC(N3CCCCC3)CC2)cn1. The summed E-state index contributed by atoms with van der Waals surface area (Å²) in [5.74, 6) is 0.315. The van der Waals surface area contributed by atoms with Crippen molar-refractivity contribution in [1.82, 2.24) is 19.8 Å². The van der Waals surface area contributed by atoms with E-state index in [-0.39, 0.29) is 5.91 Å². The Morgan fingerprint density at radius 2 is 1.76 bits per heavy atom. The first-order valence-corrected chi connectivity index (χ1v) is 7.85. The third-order valence-electron chi connectivity index (χ3n) is 4.55. The largest absolute Gasteiger partial charge is 0.382 e. The normalized spacial score (nSPS) is 21.4.